The van der Waals surface area contributed by atoms with Gasteiger partial charge in [-0.1, -0.05) is 55.1 Å². The van der Waals surface area contributed by atoms with Gasteiger partial charge in [0, 0.05) is 5.56 Å². The van der Waals surface area contributed by atoms with E-state index in [2.05, 4.69) is 32.7 Å². The maximum Gasteiger partial charge on any atom is 0.234 e. The van der Waals surface area contributed by atoms with Crippen LogP contribution in [0.5, 0.6) is 5.75 Å². The Morgan fingerprint density at radius 1 is 1.25 bits per heavy atom. The molecule has 1 amide bonds. The summed E-state index contributed by atoms with van der Waals surface area (Å²) in [5.41, 5.74) is 2.49. The summed E-state index contributed by atoms with van der Waals surface area (Å²) in [4.78, 5) is 12.5. The first-order chi connectivity index (χ1) is 17.5. The zero-order valence-corrected chi connectivity index (χ0v) is 21.7. The van der Waals surface area contributed by atoms with Crippen LogP contribution in [0.3, 0.4) is 0 Å². The number of aromatic hydroxyl groups is 1. The third-order valence-corrected chi connectivity index (χ3v) is 7.14. The number of halogens is 1. The van der Waals surface area contributed by atoms with Crippen molar-refractivity contribution in [3.63, 3.8) is 0 Å². The molecule has 8 nitrogen and oxygen atoms in total. The molecule has 0 spiro atoms. The smallest absolute Gasteiger partial charge is 0.234 e. The lowest BCUT2D eigenvalue weighted by atomic mass is 10.1. The molecule has 2 aliphatic rings. The SMILES string of the molecule is CC.O=C(CSc1nnnn1-c1ccc(C2CC2)cc1Cl)Nc1ccc(C#CC2(CO)CC2)cc1O. The number of tetrazole rings is 1. The average Bonchev–Trinajstić information content (AvgIpc) is 3.82. The number of aliphatic hydroxyl groups is 1. The highest BCUT2D eigenvalue weighted by molar-refractivity contribution is 7.99. The Balaban J connectivity index is 0.00000148. The Kier molecular flexibility index (Phi) is 8.19. The highest BCUT2D eigenvalue weighted by atomic mass is 35.5. The van der Waals surface area contributed by atoms with Crippen LogP contribution in [-0.2, 0) is 4.79 Å². The number of anilines is 1. The van der Waals surface area contributed by atoms with Crippen molar-refractivity contribution in [2.45, 2.75) is 50.6 Å². The summed E-state index contributed by atoms with van der Waals surface area (Å²) in [6.45, 7) is 4.04. The van der Waals surface area contributed by atoms with E-state index in [-0.39, 0.29) is 35.1 Å². The number of nitrogens with one attached hydrogen (secondary N) is 1. The topological polar surface area (TPSA) is 113 Å². The minimum absolute atomic E-state index is 0.0398. The molecule has 0 saturated heterocycles. The van der Waals surface area contributed by atoms with E-state index in [4.69, 9.17) is 11.6 Å². The number of phenols is 1. The first-order valence-corrected chi connectivity index (χ1v) is 13.3. The summed E-state index contributed by atoms with van der Waals surface area (Å²) in [6.07, 6.45) is 4.14. The monoisotopic (exact) mass is 525 g/mol. The Morgan fingerprint density at radius 2 is 2.03 bits per heavy atom. The second kappa shape index (κ2) is 11.3. The zero-order chi connectivity index (χ0) is 25.7. The van der Waals surface area contributed by atoms with Crippen LogP contribution in [-0.4, -0.2) is 48.7 Å². The highest BCUT2D eigenvalue weighted by Gasteiger charge is 2.40. The van der Waals surface area contributed by atoms with Crippen molar-refractivity contribution in [3.05, 3.63) is 52.5 Å². The van der Waals surface area contributed by atoms with Gasteiger partial charge in [0.2, 0.25) is 11.1 Å². The molecule has 0 bridgehead atoms. The van der Waals surface area contributed by atoms with E-state index >= 15 is 0 Å². The van der Waals surface area contributed by atoms with Gasteiger partial charge in [0.1, 0.15) is 5.75 Å². The number of carbonyl (C=O) groups excluding carboxylic acids is 1. The fourth-order valence-corrected chi connectivity index (χ4v) is 4.45. The van der Waals surface area contributed by atoms with Crippen molar-refractivity contribution in [1.29, 1.82) is 0 Å². The molecule has 0 atom stereocenters. The number of hydrogen-bond acceptors (Lipinski definition) is 7. The fourth-order valence-electron chi connectivity index (χ4n) is 3.50. The first-order valence-electron chi connectivity index (χ1n) is 11.9. The molecule has 1 aromatic heterocycles. The minimum atomic E-state index is -0.318. The van der Waals surface area contributed by atoms with Gasteiger partial charge in [0.25, 0.3) is 0 Å². The van der Waals surface area contributed by atoms with Crippen molar-refractivity contribution >= 4 is 35.0 Å². The Morgan fingerprint density at radius 3 is 2.67 bits per heavy atom. The number of aromatic nitrogens is 4. The summed E-state index contributed by atoms with van der Waals surface area (Å²) in [7, 11) is 0. The van der Waals surface area contributed by atoms with E-state index in [0.717, 1.165) is 12.8 Å². The van der Waals surface area contributed by atoms with Gasteiger partial charge in [0.15, 0.2) is 0 Å². The van der Waals surface area contributed by atoms with Crippen LogP contribution in [0.25, 0.3) is 5.69 Å². The third-order valence-electron chi connectivity index (χ3n) is 5.92. The van der Waals surface area contributed by atoms with Gasteiger partial charge in [-0.3, -0.25) is 4.79 Å². The minimum Gasteiger partial charge on any atom is -0.506 e. The molecule has 0 radical (unpaired) electrons. The quantitative estimate of drug-likeness (QED) is 0.231. The molecule has 2 aliphatic carbocycles. The largest absolute Gasteiger partial charge is 0.506 e. The first kappa shape index (κ1) is 26.0. The van der Waals surface area contributed by atoms with Gasteiger partial charge in [-0.25, -0.2) is 0 Å². The second-order valence-electron chi connectivity index (χ2n) is 8.62. The number of thioether (sulfide) groups is 1. The van der Waals surface area contributed by atoms with Crippen molar-refractivity contribution in [2.75, 3.05) is 17.7 Å². The molecule has 3 N–H and O–H groups in total. The number of rotatable bonds is 7. The van der Waals surface area contributed by atoms with Crippen LogP contribution in [0.2, 0.25) is 5.02 Å². The number of amides is 1. The summed E-state index contributed by atoms with van der Waals surface area (Å²) in [5, 5.41) is 35.1. The van der Waals surface area contributed by atoms with Gasteiger partial charge in [-0.2, -0.15) is 4.68 Å². The number of aliphatic hydroxyl groups excluding tert-OH is 1. The lowest BCUT2D eigenvalue weighted by molar-refractivity contribution is -0.113. The number of phenolic OH excluding ortho intramolecular Hbond substituents is 1. The maximum absolute atomic E-state index is 12.5. The molecule has 2 aromatic carbocycles. The standard InChI is InChI=1S/C24H22ClN5O3S.C2H6/c25-18-12-17(16-2-3-16)4-6-20(18)30-23(27-28-29-30)34-13-22(33)26-19-5-1-15(11-21(19)32)7-8-24(14-31)9-10-24;1-2/h1,4-6,11-12,16,31-32H,2-3,9-10,13-14H2,(H,26,33);1-2H3. The number of carbonyl (C=O) groups is 1. The van der Waals surface area contributed by atoms with Gasteiger partial charge >= 0.3 is 0 Å². The van der Waals surface area contributed by atoms with Gasteiger partial charge in [0.05, 0.1) is 34.2 Å². The van der Waals surface area contributed by atoms with Crippen LogP contribution in [0, 0.1) is 17.3 Å². The predicted molar refractivity (Wildman–Crippen MR) is 141 cm³/mol. The highest BCUT2D eigenvalue weighted by Crippen LogP contribution is 2.44. The van der Waals surface area contributed by atoms with Crippen molar-refractivity contribution in [2.24, 2.45) is 5.41 Å². The Bertz CT molecular complexity index is 1310. The van der Waals surface area contributed by atoms with E-state index in [0.29, 0.717) is 27.3 Å². The molecule has 0 unspecified atom stereocenters. The molecule has 10 heteroatoms. The Labute approximate surface area is 219 Å². The van der Waals surface area contributed by atoms with Crippen LogP contribution in [0.4, 0.5) is 5.69 Å². The maximum atomic E-state index is 12.5. The molecule has 3 aromatic rings. The molecular formula is C26H28ClN5O3S. The molecule has 0 aliphatic heterocycles. The van der Waals surface area contributed by atoms with Gasteiger partial charge in [-0.05, 0) is 77.9 Å². The number of nitrogens with zero attached hydrogens (tertiary/aromatic N) is 4. The van der Waals surface area contributed by atoms with Crippen LogP contribution >= 0.6 is 23.4 Å². The number of hydrogen-bond donors (Lipinski definition) is 3. The van der Waals surface area contributed by atoms with E-state index in [1.165, 1.54) is 40.9 Å². The Hall–Kier alpha value is -3.06. The lowest BCUT2D eigenvalue weighted by Gasteiger charge is -2.09. The summed E-state index contributed by atoms with van der Waals surface area (Å²) >= 11 is 7.63. The van der Waals surface area contributed by atoms with E-state index < -0.39 is 0 Å². The predicted octanol–water partition coefficient (Wildman–Crippen LogP) is 4.78. The molecule has 2 fully saturated rings. The van der Waals surface area contributed by atoms with Crippen molar-refractivity contribution < 1.29 is 15.0 Å². The van der Waals surface area contributed by atoms with Crippen molar-refractivity contribution in [1.82, 2.24) is 20.2 Å². The van der Waals surface area contributed by atoms with Crippen LogP contribution in [0.1, 0.15) is 56.6 Å². The number of benzene rings is 2. The molecular weight excluding hydrogens is 498 g/mol. The van der Waals surface area contributed by atoms with E-state index in [9.17, 15) is 15.0 Å². The zero-order valence-electron chi connectivity index (χ0n) is 20.2. The molecule has 188 valence electrons. The summed E-state index contributed by atoms with van der Waals surface area (Å²) < 4.78 is 1.51. The third kappa shape index (κ3) is 6.19. The molecule has 1 heterocycles. The summed E-state index contributed by atoms with van der Waals surface area (Å²) in [6, 6.07) is 10.7. The van der Waals surface area contributed by atoms with Gasteiger partial charge < -0.3 is 15.5 Å². The molecule has 36 heavy (non-hydrogen) atoms. The average molecular weight is 526 g/mol. The fraction of sp³-hybridized carbons (Fsp3) is 0.385. The van der Waals surface area contributed by atoms with Crippen molar-refractivity contribution in [3.8, 4) is 23.3 Å². The van der Waals surface area contributed by atoms with Crippen LogP contribution in [0.15, 0.2) is 41.6 Å². The second-order valence-corrected chi connectivity index (χ2v) is 9.97. The summed E-state index contributed by atoms with van der Waals surface area (Å²) in [5.74, 6) is 6.27. The van der Waals surface area contributed by atoms with Gasteiger partial charge in [-0.15, -0.1) is 5.10 Å². The molecule has 5 rings (SSSR count). The lowest BCUT2D eigenvalue weighted by Crippen LogP contribution is -2.14. The molecule has 2 saturated carbocycles. The van der Waals surface area contributed by atoms with E-state index in [1.54, 1.807) is 12.1 Å². The normalized spacial score (nSPS) is 15.2. The van der Waals surface area contributed by atoms with Crippen LogP contribution < -0.4 is 5.32 Å². The van der Waals surface area contributed by atoms with E-state index in [1.807, 2.05) is 32.0 Å².